The van der Waals surface area contributed by atoms with Crippen molar-refractivity contribution in [3.8, 4) is 0 Å². The van der Waals surface area contributed by atoms with Gasteiger partial charge in [0.25, 0.3) is 0 Å². The first-order chi connectivity index (χ1) is 13.8. The fraction of sp³-hybridized carbons (Fsp3) is 0.550. The Morgan fingerprint density at radius 1 is 1.13 bits per heavy atom. The van der Waals surface area contributed by atoms with Crippen LogP contribution in [0.2, 0.25) is 0 Å². The van der Waals surface area contributed by atoms with E-state index in [1.54, 1.807) is 24.9 Å². The molecule has 0 aliphatic carbocycles. The topological polar surface area (TPSA) is 74.5 Å². The molecule has 7 nitrogen and oxygen atoms in total. The highest BCUT2D eigenvalue weighted by atomic mass is 19.4. The first-order valence-corrected chi connectivity index (χ1v) is 9.67. The number of hydrogen-bond acceptors (Lipinski definition) is 6. The zero-order valence-corrected chi connectivity index (χ0v) is 17.7. The molecule has 1 saturated heterocycles. The molecule has 0 unspecified atom stereocenters. The van der Waals surface area contributed by atoms with Gasteiger partial charge in [-0.2, -0.15) is 13.2 Å². The molecule has 2 aromatic rings. The predicted molar refractivity (Wildman–Crippen MR) is 106 cm³/mol. The third kappa shape index (κ3) is 4.43. The van der Waals surface area contributed by atoms with E-state index in [1.165, 1.54) is 6.07 Å². The highest BCUT2D eigenvalue weighted by Gasteiger charge is 2.42. The Morgan fingerprint density at radius 3 is 2.37 bits per heavy atom. The van der Waals surface area contributed by atoms with Crippen LogP contribution in [0, 0.1) is 0 Å². The summed E-state index contributed by atoms with van der Waals surface area (Å²) in [6.07, 6.45) is -2.89. The highest BCUT2D eigenvalue weighted by molar-refractivity contribution is 5.97. The van der Waals surface area contributed by atoms with Crippen molar-refractivity contribution in [1.82, 2.24) is 15.1 Å². The Bertz CT molecular complexity index is 900. The van der Waals surface area contributed by atoms with E-state index in [4.69, 9.17) is 4.52 Å². The summed E-state index contributed by atoms with van der Waals surface area (Å²) in [6, 6.07) is 4.00. The zero-order valence-electron chi connectivity index (χ0n) is 17.7. The monoisotopic (exact) mass is 425 g/mol. The van der Waals surface area contributed by atoms with Crippen molar-refractivity contribution in [2.75, 3.05) is 23.4 Å². The molecule has 0 spiro atoms. The Hall–Kier alpha value is -2.62. The van der Waals surface area contributed by atoms with Gasteiger partial charge < -0.3 is 9.84 Å². The number of rotatable bonds is 4. The smallest absolute Gasteiger partial charge is 0.359 e. The van der Waals surface area contributed by atoms with Crippen LogP contribution in [0.1, 0.15) is 52.4 Å². The maximum atomic E-state index is 13.0. The molecule has 3 rings (SSSR count). The molecule has 10 heteroatoms. The third-order valence-electron chi connectivity index (χ3n) is 5.06. The summed E-state index contributed by atoms with van der Waals surface area (Å²) in [5.41, 5.74) is -2.05. The largest absolute Gasteiger partial charge is 0.417 e. The number of amides is 1. The molecule has 0 aromatic carbocycles. The number of carbonyl (C=O) groups is 1. The normalized spacial score (nSPS) is 16.2. The second kappa shape index (κ2) is 7.57. The highest BCUT2D eigenvalue weighted by Crippen LogP contribution is 2.32. The number of nitrogens with one attached hydrogen (secondary N) is 1. The standard InChI is InChI=1S/C20H26F3N5O2/c1-18(2,3)14-11-15(26-30-14)25-17(29)19(4,5)28-10-6-9-27(28)16-8-7-13(12-24-16)20(21,22)23/h7-8,11-12H,6,9-10H2,1-5H3,(H,25,26,29). The quantitative estimate of drug-likeness (QED) is 0.790. The number of alkyl halides is 3. The van der Waals surface area contributed by atoms with Gasteiger partial charge in [0.05, 0.1) is 5.56 Å². The molecule has 1 aliphatic rings. The molecule has 164 valence electrons. The van der Waals surface area contributed by atoms with Crippen LogP contribution in [0.15, 0.2) is 28.9 Å². The molecule has 1 aliphatic heterocycles. The average Bonchev–Trinajstić information content (AvgIpc) is 3.30. The summed E-state index contributed by atoms with van der Waals surface area (Å²) in [7, 11) is 0. The number of hydrazine groups is 1. The van der Waals surface area contributed by atoms with Gasteiger partial charge in [0.1, 0.15) is 17.1 Å². The van der Waals surface area contributed by atoms with Crippen LogP contribution in [-0.2, 0) is 16.4 Å². The molecular weight excluding hydrogens is 399 g/mol. The SMILES string of the molecule is CC(C)(C)c1cc(NC(=O)C(C)(C)N2CCCN2c2ccc(C(F)(F)F)cn2)no1. The van der Waals surface area contributed by atoms with E-state index in [9.17, 15) is 18.0 Å². The number of carbonyl (C=O) groups excluding carboxylic acids is 1. The summed E-state index contributed by atoms with van der Waals surface area (Å²) in [5.74, 6) is 1.01. The Morgan fingerprint density at radius 2 is 1.83 bits per heavy atom. The predicted octanol–water partition coefficient (Wildman–Crippen LogP) is 4.23. The lowest BCUT2D eigenvalue weighted by Gasteiger charge is -2.40. The van der Waals surface area contributed by atoms with Crippen molar-refractivity contribution in [2.24, 2.45) is 0 Å². The van der Waals surface area contributed by atoms with Gasteiger partial charge in [0.15, 0.2) is 5.82 Å². The number of nitrogens with zero attached hydrogens (tertiary/aromatic N) is 4. The van der Waals surface area contributed by atoms with Crippen LogP contribution in [0.3, 0.4) is 0 Å². The third-order valence-corrected chi connectivity index (χ3v) is 5.06. The van der Waals surface area contributed by atoms with Gasteiger partial charge in [-0.05, 0) is 32.4 Å². The van der Waals surface area contributed by atoms with Gasteiger partial charge in [0.2, 0.25) is 5.91 Å². The number of hydrogen-bond donors (Lipinski definition) is 1. The molecule has 0 atom stereocenters. The lowest BCUT2D eigenvalue weighted by Crippen LogP contribution is -2.57. The summed E-state index contributed by atoms with van der Waals surface area (Å²) in [5, 5.41) is 10.2. The molecule has 0 saturated carbocycles. The minimum absolute atomic E-state index is 0.245. The number of pyridine rings is 1. The second-order valence-electron chi connectivity index (χ2n) is 8.84. The lowest BCUT2D eigenvalue weighted by molar-refractivity contribution is -0.137. The summed E-state index contributed by atoms with van der Waals surface area (Å²) in [4.78, 5) is 17.0. The van der Waals surface area contributed by atoms with Crippen molar-refractivity contribution in [2.45, 2.75) is 58.2 Å². The van der Waals surface area contributed by atoms with Crippen LogP contribution in [0.5, 0.6) is 0 Å². The van der Waals surface area contributed by atoms with Crippen molar-refractivity contribution in [3.63, 3.8) is 0 Å². The van der Waals surface area contributed by atoms with Gasteiger partial charge >= 0.3 is 6.18 Å². The van der Waals surface area contributed by atoms with E-state index in [1.807, 2.05) is 25.8 Å². The maximum absolute atomic E-state index is 13.0. The van der Waals surface area contributed by atoms with Crippen LogP contribution in [0.4, 0.5) is 24.8 Å². The van der Waals surface area contributed by atoms with Gasteiger partial charge in [-0.1, -0.05) is 25.9 Å². The molecule has 1 amide bonds. The summed E-state index contributed by atoms with van der Waals surface area (Å²) >= 11 is 0. The fourth-order valence-electron chi connectivity index (χ4n) is 3.21. The minimum Gasteiger partial charge on any atom is -0.359 e. The van der Waals surface area contributed by atoms with Gasteiger partial charge in [-0.25, -0.2) is 9.99 Å². The number of aromatic nitrogens is 2. The Balaban J connectivity index is 1.77. The number of halogens is 3. The van der Waals surface area contributed by atoms with Gasteiger partial charge in [-0.3, -0.25) is 9.80 Å². The average molecular weight is 425 g/mol. The van der Waals surface area contributed by atoms with Gasteiger partial charge in [-0.15, -0.1) is 0 Å². The van der Waals surface area contributed by atoms with E-state index in [2.05, 4.69) is 15.5 Å². The summed E-state index contributed by atoms with van der Waals surface area (Å²) < 4.78 is 43.8. The Kier molecular flexibility index (Phi) is 5.57. The second-order valence-corrected chi connectivity index (χ2v) is 8.84. The van der Waals surface area contributed by atoms with E-state index >= 15 is 0 Å². The number of anilines is 2. The van der Waals surface area contributed by atoms with E-state index in [0.29, 0.717) is 30.5 Å². The molecule has 30 heavy (non-hydrogen) atoms. The first-order valence-electron chi connectivity index (χ1n) is 9.67. The zero-order chi connectivity index (χ0) is 22.3. The van der Waals surface area contributed by atoms with Gasteiger partial charge in [0, 0.05) is 30.8 Å². The molecule has 0 bridgehead atoms. The maximum Gasteiger partial charge on any atom is 0.417 e. The molecule has 0 radical (unpaired) electrons. The first kappa shape index (κ1) is 22.1. The lowest BCUT2D eigenvalue weighted by atomic mass is 9.93. The molecule has 1 N–H and O–H groups in total. The molecule has 3 heterocycles. The van der Waals surface area contributed by atoms with Crippen LogP contribution in [-0.4, -0.2) is 39.7 Å². The van der Waals surface area contributed by atoms with Crippen molar-refractivity contribution >= 4 is 17.5 Å². The minimum atomic E-state index is -4.45. The van der Waals surface area contributed by atoms with E-state index in [0.717, 1.165) is 18.7 Å². The molecule has 2 aromatic heterocycles. The van der Waals surface area contributed by atoms with E-state index < -0.39 is 17.3 Å². The van der Waals surface area contributed by atoms with Crippen LogP contribution < -0.4 is 10.3 Å². The van der Waals surface area contributed by atoms with Crippen molar-refractivity contribution < 1.29 is 22.5 Å². The molecule has 1 fully saturated rings. The van der Waals surface area contributed by atoms with Crippen molar-refractivity contribution in [3.05, 3.63) is 35.7 Å². The molecular formula is C20H26F3N5O2. The Labute approximate surface area is 173 Å². The van der Waals surface area contributed by atoms with Crippen molar-refractivity contribution in [1.29, 1.82) is 0 Å². The summed E-state index contributed by atoms with van der Waals surface area (Å²) in [6.45, 7) is 10.5. The van der Waals surface area contributed by atoms with Crippen LogP contribution in [0.25, 0.3) is 0 Å². The van der Waals surface area contributed by atoms with Crippen LogP contribution >= 0.6 is 0 Å². The van der Waals surface area contributed by atoms with E-state index in [-0.39, 0.29) is 11.3 Å². The fourth-order valence-corrected chi connectivity index (χ4v) is 3.21.